The number of nitrogens with two attached hydrogens (primary N) is 1. The highest BCUT2D eigenvalue weighted by molar-refractivity contribution is 5.89. The van der Waals surface area contributed by atoms with Gasteiger partial charge in [-0.15, -0.1) is 0 Å². The lowest BCUT2D eigenvalue weighted by atomic mass is 10.0. The fourth-order valence-corrected chi connectivity index (χ4v) is 17.1. The van der Waals surface area contributed by atoms with Crippen LogP contribution in [0.4, 0.5) is 0 Å². The Hall–Kier alpha value is -8.75. The second-order valence-corrected chi connectivity index (χ2v) is 30.3. The average molecular weight is 1380 g/mol. The molecule has 5 aliphatic heterocycles. The zero-order valence-corrected chi connectivity index (χ0v) is 62.8. The fraction of sp³-hybridized carbons (Fsp3) is 0.407. The molecule has 103 heavy (non-hydrogen) atoms. The third-order valence-electron chi connectivity index (χ3n) is 22.7. The Morgan fingerprint density at radius 2 is 0.796 bits per heavy atom. The summed E-state index contributed by atoms with van der Waals surface area (Å²) in [6, 6.07) is 40.9. The van der Waals surface area contributed by atoms with Crippen LogP contribution in [0.1, 0.15) is 127 Å². The van der Waals surface area contributed by atoms with E-state index in [-0.39, 0.29) is 12.1 Å². The summed E-state index contributed by atoms with van der Waals surface area (Å²) in [5, 5.41) is 9.07. The lowest BCUT2D eigenvalue weighted by molar-refractivity contribution is 0.220. The number of rotatable bonds is 15. The van der Waals surface area contributed by atoms with E-state index in [1.807, 2.05) is 62.6 Å². The third-order valence-corrected chi connectivity index (χ3v) is 22.7. The van der Waals surface area contributed by atoms with Crippen molar-refractivity contribution in [2.45, 2.75) is 143 Å². The van der Waals surface area contributed by atoms with Gasteiger partial charge in [0, 0.05) is 227 Å². The van der Waals surface area contributed by atoms with Crippen LogP contribution in [0.15, 0.2) is 165 Å². The maximum Gasteiger partial charge on any atom is 0.140 e. The van der Waals surface area contributed by atoms with Gasteiger partial charge in [-0.3, -0.25) is 24.8 Å². The van der Waals surface area contributed by atoms with Crippen molar-refractivity contribution < 1.29 is 0 Å². The predicted molar refractivity (Wildman–Crippen MR) is 420 cm³/mol. The molecule has 0 aliphatic carbocycles. The van der Waals surface area contributed by atoms with Crippen molar-refractivity contribution in [2.24, 2.45) is 5.73 Å². The molecule has 12 aromatic rings. The van der Waals surface area contributed by atoms with Gasteiger partial charge in [-0.25, -0.2) is 4.98 Å². The smallest absolute Gasteiger partial charge is 0.140 e. The number of nitrogens with one attached hydrogen (secondary N) is 1. The molecule has 3 aromatic carbocycles. The van der Waals surface area contributed by atoms with Gasteiger partial charge < -0.3 is 53.8 Å². The van der Waals surface area contributed by atoms with E-state index in [0.29, 0.717) is 12.1 Å². The molecule has 5 aliphatic rings. The first kappa shape index (κ1) is 71.2. The maximum absolute atomic E-state index is 6.48. The Labute approximate surface area is 610 Å². The maximum atomic E-state index is 6.48. The molecule has 4 atom stereocenters. The van der Waals surface area contributed by atoms with E-state index in [1.165, 1.54) is 137 Å². The van der Waals surface area contributed by atoms with Crippen LogP contribution in [0.5, 0.6) is 0 Å². The summed E-state index contributed by atoms with van der Waals surface area (Å²) in [7, 11) is 15.2. The van der Waals surface area contributed by atoms with E-state index in [0.717, 1.165) is 115 Å². The van der Waals surface area contributed by atoms with Crippen LogP contribution in [0, 0.1) is 27.7 Å². The first-order valence-electron chi connectivity index (χ1n) is 37.5. The highest BCUT2D eigenvalue weighted by Crippen LogP contribution is 2.39. The zero-order valence-electron chi connectivity index (χ0n) is 62.8. The highest BCUT2D eigenvalue weighted by atomic mass is 15.2. The zero-order chi connectivity index (χ0) is 71.4. The standard InChI is InChI=1S/C24H30N4.C22H28N4.C21H26N4.C19H23N5/c1-18-5-6-22-20(15-18)21-16-26(2)14-9-23(21)28(22)17-24(27-12-3-4-13-27)19-7-10-25-11-8-19;1-16-5-6-20-18(13-16)19-14-25(4)12-9-21(19)26(20)15-22(24(2)3)17-7-10-23-11-8-17;1-15-4-5-20-17(12-15)18-13-24(3)11-8-21(18)25(20)14-19(22-2)16-6-9-23-10-7-16;1-13-9-15-16-11-23(2)8-5-18(16)24(19(15)22-10-13)12-17(20)14-3-6-21-7-4-14/h5-8,10-11,15,24H,3-4,9,12-14,16-17H2,1-2H3;5-8,10-11,13,22H,9,12,14-15H2,1-4H3;4-7,9-10,12,19,22H,8,11,13-14H2,1-3H3;3-4,6-7,9-10,17H,5,8,11-12,20H2,1-2H3. The Balaban J connectivity index is 0.000000116. The number of aromatic nitrogens is 9. The van der Waals surface area contributed by atoms with Crippen molar-refractivity contribution >= 4 is 43.7 Å². The van der Waals surface area contributed by atoms with Crippen LogP contribution in [0.25, 0.3) is 43.7 Å². The van der Waals surface area contributed by atoms with Gasteiger partial charge in [0.2, 0.25) is 0 Å². The van der Waals surface area contributed by atoms with Crippen LogP contribution in [-0.4, -0.2) is 161 Å². The fourth-order valence-electron chi connectivity index (χ4n) is 17.1. The minimum atomic E-state index is -0.0598. The monoisotopic (exact) mass is 1380 g/mol. The molecule has 0 amide bonds. The van der Waals surface area contributed by atoms with Crippen molar-refractivity contribution in [2.75, 3.05) is 88.6 Å². The lowest BCUT2D eigenvalue weighted by Crippen LogP contribution is -2.31. The summed E-state index contributed by atoms with van der Waals surface area (Å²) in [5.41, 5.74) is 34.0. The van der Waals surface area contributed by atoms with E-state index < -0.39 is 0 Å². The molecule has 17 nitrogen and oxygen atoms in total. The van der Waals surface area contributed by atoms with Gasteiger partial charge in [0.1, 0.15) is 5.65 Å². The second kappa shape index (κ2) is 31.7. The van der Waals surface area contributed by atoms with E-state index in [2.05, 4.69) is 240 Å². The summed E-state index contributed by atoms with van der Waals surface area (Å²) in [4.78, 5) is 36.1. The lowest BCUT2D eigenvalue weighted by Gasteiger charge is -2.30. The number of likely N-dealkylation sites (tertiary alicyclic amines) is 1. The van der Waals surface area contributed by atoms with E-state index in [9.17, 15) is 0 Å². The molecule has 0 bridgehead atoms. The third kappa shape index (κ3) is 15.4. The molecule has 536 valence electrons. The number of hydrogen-bond acceptors (Lipinski definition) is 13. The van der Waals surface area contributed by atoms with E-state index >= 15 is 0 Å². The normalized spacial score (nSPS) is 17.0. The SMILES string of the molecule is CNC(Cn1c2c(c3cc(C)ccc31)CN(C)CC2)c1ccncc1.Cc1ccc2c(c1)c1c(n2CC(c2ccncc2)N(C)C)CCN(C)C1.Cc1ccc2c(c1)c1c(n2CC(c2ccncc2)N2CCCC2)CCN(C)C1.Cc1cnc2c(c1)c1c(n2CC(N)c2ccncc2)CCN(C)C1. The van der Waals surface area contributed by atoms with Crippen molar-refractivity contribution in [3.63, 3.8) is 0 Å². The molecule has 0 saturated carbocycles. The number of nitrogens with zero attached hydrogens (tertiary/aromatic N) is 15. The van der Waals surface area contributed by atoms with Crippen LogP contribution in [0.3, 0.4) is 0 Å². The molecule has 1 saturated heterocycles. The Morgan fingerprint density at radius 3 is 1.23 bits per heavy atom. The first-order chi connectivity index (χ1) is 50.0. The van der Waals surface area contributed by atoms with Gasteiger partial charge in [0.25, 0.3) is 0 Å². The molecule has 3 N–H and O–H groups in total. The van der Waals surface area contributed by atoms with Crippen molar-refractivity contribution in [1.29, 1.82) is 0 Å². The number of pyridine rings is 5. The molecule has 9 aromatic heterocycles. The Morgan fingerprint density at radius 1 is 0.417 bits per heavy atom. The number of likely N-dealkylation sites (N-methyl/N-ethyl adjacent to an activating group) is 6. The van der Waals surface area contributed by atoms with Gasteiger partial charge >= 0.3 is 0 Å². The summed E-state index contributed by atoms with van der Waals surface area (Å²) in [6.07, 6.45) is 24.0. The second-order valence-electron chi connectivity index (χ2n) is 30.3. The van der Waals surface area contributed by atoms with Crippen molar-refractivity contribution in [3.8, 4) is 0 Å². The van der Waals surface area contributed by atoms with E-state index in [4.69, 9.17) is 10.7 Å². The largest absolute Gasteiger partial charge is 0.342 e. The van der Waals surface area contributed by atoms with Crippen molar-refractivity contribution in [1.82, 2.24) is 77.9 Å². The Bertz CT molecular complexity index is 4850. The van der Waals surface area contributed by atoms with Crippen LogP contribution >= 0.6 is 0 Å². The predicted octanol–water partition coefficient (Wildman–Crippen LogP) is 13.5. The minimum Gasteiger partial charge on any atom is -0.342 e. The minimum absolute atomic E-state index is 0.0598. The molecule has 0 radical (unpaired) electrons. The van der Waals surface area contributed by atoms with Gasteiger partial charge in [-0.05, 0) is 244 Å². The van der Waals surface area contributed by atoms with Gasteiger partial charge in [-0.1, -0.05) is 34.9 Å². The number of aryl methyl sites for hydroxylation is 4. The van der Waals surface area contributed by atoms with Gasteiger partial charge in [0.05, 0.1) is 18.1 Å². The molecule has 14 heterocycles. The highest BCUT2D eigenvalue weighted by Gasteiger charge is 2.31. The van der Waals surface area contributed by atoms with E-state index in [1.54, 1.807) is 23.7 Å². The number of benzene rings is 3. The summed E-state index contributed by atoms with van der Waals surface area (Å²) in [6.45, 7) is 23.4. The van der Waals surface area contributed by atoms with Crippen molar-refractivity contribution in [3.05, 3.63) is 255 Å². The average Bonchev–Trinajstić information content (AvgIpc) is 1.62. The first-order valence-corrected chi connectivity index (χ1v) is 37.5. The summed E-state index contributed by atoms with van der Waals surface area (Å²) >= 11 is 0. The molecular weight excluding hydrogens is 1270 g/mol. The summed E-state index contributed by atoms with van der Waals surface area (Å²) in [5.74, 6) is 0. The molecule has 0 spiro atoms. The molecule has 17 heteroatoms. The molecule has 4 unspecified atom stereocenters. The molecular formula is C86H107N17. The van der Waals surface area contributed by atoms with Gasteiger partial charge in [-0.2, -0.15) is 0 Å². The summed E-state index contributed by atoms with van der Waals surface area (Å²) < 4.78 is 10.1. The molecule has 1 fully saturated rings. The van der Waals surface area contributed by atoms with Gasteiger partial charge in [0.15, 0.2) is 0 Å². The molecule has 17 rings (SSSR count). The Kier molecular flexibility index (Phi) is 21.9. The topological polar surface area (TPSA) is 142 Å². The quantitative estimate of drug-likeness (QED) is 0.101. The van der Waals surface area contributed by atoms with Crippen LogP contribution < -0.4 is 11.1 Å². The van der Waals surface area contributed by atoms with Crippen LogP contribution in [-0.2, 0) is 78.0 Å². The number of fused-ring (bicyclic) bond motifs is 12. The van der Waals surface area contributed by atoms with Crippen LogP contribution in [0.2, 0.25) is 0 Å². The number of hydrogen-bond donors (Lipinski definition) is 2.